The highest BCUT2D eigenvalue weighted by Gasteiger charge is 2.10. The molecule has 0 aliphatic heterocycles. The SMILES string of the molecule is CCNC(=NCc1ccc(S(=O)(=O)NC)cc1)NC(C)CCC(C)C.I. The molecule has 150 valence electrons. The molecule has 0 aromatic heterocycles. The van der Waals surface area contributed by atoms with Gasteiger partial charge in [-0.25, -0.2) is 18.1 Å². The summed E-state index contributed by atoms with van der Waals surface area (Å²) in [4.78, 5) is 4.85. The molecule has 0 aliphatic rings. The summed E-state index contributed by atoms with van der Waals surface area (Å²) in [6, 6.07) is 7.13. The van der Waals surface area contributed by atoms with E-state index in [2.05, 4.69) is 41.1 Å². The van der Waals surface area contributed by atoms with Gasteiger partial charge in [0.1, 0.15) is 0 Å². The molecule has 0 spiro atoms. The monoisotopic (exact) mass is 496 g/mol. The third kappa shape index (κ3) is 9.18. The minimum atomic E-state index is -3.39. The molecule has 1 atom stereocenters. The lowest BCUT2D eigenvalue weighted by atomic mass is 10.0. The number of rotatable bonds is 9. The summed E-state index contributed by atoms with van der Waals surface area (Å²) < 4.78 is 25.8. The lowest BCUT2D eigenvalue weighted by Crippen LogP contribution is -2.42. The Labute approximate surface area is 175 Å². The summed E-state index contributed by atoms with van der Waals surface area (Å²) in [5.74, 6) is 1.47. The van der Waals surface area contributed by atoms with Crippen LogP contribution in [0.2, 0.25) is 0 Å². The Balaban J connectivity index is 0.00000625. The summed E-state index contributed by atoms with van der Waals surface area (Å²) in [6.07, 6.45) is 2.27. The highest BCUT2D eigenvalue weighted by Crippen LogP contribution is 2.11. The van der Waals surface area contributed by atoms with E-state index in [-0.39, 0.29) is 28.9 Å². The van der Waals surface area contributed by atoms with Crippen LogP contribution in [-0.2, 0) is 16.6 Å². The maximum absolute atomic E-state index is 11.7. The Hall–Kier alpha value is -0.870. The number of nitrogens with zero attached hydrogens (tertiary/aromatic N) is 1. The summed E-state index contributed by atoms with van der Waals surface area (Å²) >= 11 is 0. The first-order valence-electron chi connectivity index (χ1n) is 8.85. The summed E-state index contributed by atoms with van der Waals surface area (Å²) in [5.41, 5.74) is 0.960. The van der Waals surface area contributed by atoms with E-state index in [4.69, 9.17) is 0 Å². The molecule has 1 unspecified atom stereocenters. The van der Waals surface area contributed by atoms with Crippen molar-refractivity contribution in [2.75, 3.05) is 13.6 Å². The van der Waals surface area contributed by atoms with Gasteiger partial charge in [-0.2, -0.15) is 0 Å². The van der Waals surface area contributed by atoms with Crippen molar-refractivity contribution in [3.05, 3.63) is 29.8 Å². The minimum Gasteiger partial charge on any atom is -0.357 e. The van der Waals surface area contributed by atoms with Crippen LogP contribution in [0, 0.1) is 5.92 Å². The molecule has 1 aromatic carbocycles. The minimum absolute atomic E-state index is 0. The molecule has 3 N–H and O–H groups in total. The zero-order chi connectivity index (χ0) is 18.9. The largest absolute Gasteiger partial charge is 0.357 e. The van der Waals surface area contributed by atoms with Gasteiger partial charge in [-0.05, 0) is 57.4 Å². The number of hydrogen-bond acceptors (Lipinski definition) is 3. The molecule has 1 aromatic rings. The standard InChI is InChI=1S/C18H32N4O2S.HI/c1-6-20-18(22-15(4)8-7-14(2)3)21-13-16-9-11-17(12-10-16)25(23,24)19-5;/h9-12,14-15,19H,6-8,13H2,1-5H3,(H2,20,21,22);1H. The van der Waals surface area contributed by atoms with Crippen molar-refractivity contribution in [1.82, 2.24) is 15.4 Å². The van der Waals surface area contributed by atoms with Crippen LogP contribution in [0.1, 0.15) is 46.1 Å². The Kier molecular flexibility index (Phi) is 12.1. The van der Waals surface area contributed by atoms with Crippen molar-refractivity contribution in [2.24, 2.45) is 10.9 Å². The van der Waals surface area contributed by atoms with Crippen molar-refractivity contribution < 1.29 is 8.42 Å². The molecule has 8 heteroatoms. The van der Waals surface area contributed by atoms with Crippen LogP contribution in [-0.4, -0.2) is 34.0 Å². The predicted octanol–water partition coefficient (Wildman–Crippen LogP) is 3.09. The van der Waals surface area contributed by atoms with Gasteiger partial charge < -0.3 is 10.6 Å². The number of aliphatic imine (C=N–C) groups is 1. The second-order valence-electron chi connectivity index (χ2n) is 6.56. The van der Waals surface area contributed by atoms with E-state index in [1.165, 1.54) is 13.5 Å². The Morgan fingerprint density at radius 1 is 1.12 bits per heavy atom. The number of nitrogens with one attached hydrogen (secondary N) is 3. The van der Waals surface area contributed by atoms with E-state index in [0.29, 0.717) is 18.5 Å². The van der Waals surface area contributed by atoms with Crippen molar-refractivity contribution >= 4 is 40.0 Å². The normalized spacial score (nSPS) is 13.2. The van der Waals surface area contributed by atoms with E-state index in [1.54, 1.807) is 24.3 Å². The highest BCUT2D eigenvalue weighted by atomic mass is 127. The van der Waals surface area contributed by atoms with Crippen LogP contribution in [0.15, 0.2) is 34.2 Å². The quantitative estimate of drug-likeness (QED) is 0.279. The van der Waals surface area contributed by atoms with Crippen molar-refractivity contribution in [3.63, 3.8) is 0 Å². The first-order valence-corrected chi connectivity index (χ1v) is 10.3. The van der Waals surface area contributed by atoms with Crippen molar-refractivity contribution in [2.45, 2.75) is 58.0 Å². The molecule has 0 aliphatic carbocycles. The van der Waals surface area contributed by atoms with Gasteiger partial charge in [0.15, 0.2) is 5.96 Å². The maximum atomic E-state index is 11.7. The number of guanidine groups is 1. The van der Waals surface area contributed by atoms with Crippen LogP contribution in [0.3, 0.4) is 0 Å². The average molecular weight is 496 g/mol. The molecule has 26 heavy (non-hydrogen) atoms. The van der Waals surface area contributed by atoms with Crippen LogP contribution >= 0.6 is 24.0 Å². The lowest BCUT2D eigenvalue weighted by molar-refractivity contribution is 0.489. The van der Waals surface area contributed by atoms with Gasteiger partial charge in [-0.15, -0.1) is 24.0 Å². The lowest BCUT2D eigenvalue weighted by Gasteiger charge is -2.18. The van der Waals surface area contributed by atoms with Gasteiger partial charge >= 0.3 is 0 Å². The molecule has 0 radical (unpaired) electrons. The predicted molar refractivity (Wildman–Crippen MR) is 120 cm³/mol. The van der Waals surface area contributed by atoms with Gasteiger partial charge in [-0.3, -0.25) is 0 Å². The first-order chi connectivity index (χ1) is 11.8. The summed E-state index contributed by atoms with van der Waals surface area (Å²) in [7, 11) is -1.99. The first kappa shape index (κ1) is 25.1. The van der Waals surface area contributed by atoms with Gasteiger partial charge in [0, 0.05) is 12.6 Å². The van der Waals surface area contributed by atoms with Crippen LogP contribution < -0.4 is 15.4 Å². The molecule has 1 rings (SSSR count). The van der Waals surface area contributed by atoms with Crippen molar-refractivity contribution in [3.8, 4) is 0 Å². The molecule has 0 saturated heterocycles. The number of sulfonamides is 1. The molecule has 6 nitrogen and oxygen atoms in total. The van der Waals surface area contributed by atoms with Gasteiger partial charge in [-0.1, -0.05) is 26.0 Å². The van der Waals surface area contributed by atoms with Crippen molar-refractivity contribution in [1.29, 1.82) is 0 Å². The fourth-order valence-electron chi connectivity index (χ4n) is 2.27. The second-order valence-corrected chi connectivity index (χ2v) is 8.45. The number of halogens is 1. The highest BCUT2D eigenvalue weighted by molar-refractivity contribution is 14.0. The molecular weight excluding hydrogens is 463 g/mol. The number of benzene rings is 1. The van der Waals surface area contributed by atoms with Crippen LogP contribution in [0.25, 0.3) is 0 Å². The van der Waals surface area contributed by atoms with Gasteiger partial charge in [0.2, 0.25) is 10.0 Å². The van der Waals surface area contributed by atoms with E-state index in [1.807, 2.05) is 6.92 Å². The Morgan fingerprint density at radius 3 is 2.23 bits per heavy atom. The third-order valence-electron chi connectivity index (χ3n) is 3.83. The van der Waals surface area contributed by atoms with E-state index in [0.717, 1.165) is 24.5 Å². The fourth-order valence-corrected chi connectivity index (χ4v) is 3.00. The van der Waals surface area contributed by atoms with E-state index < -0.39 is 10.0 Å². The molecule has 0 bridgehead atoms. The average Bonchev–Trinajstić information content (AvgIpc) is 2.58. The van der Waals surface area contributed by atoms with Crippen LogP contribution in [0.4, 0.5) is 0 Å². The zero-order valence-electron chi connectivity index (χ0n) is 16.4. The van der Waals surface area contributed by atoms with Crippen LogP contribution in [0.5, 0.6) is 0 Å². The van der Waals surface area contributed by atoms with E-state index in [9.17, 15) is 8.42 Å². The molecule has 0 saturated carbocycles. The Bertz CT molecular complexity index is 646. The third-order valence-corrected chi connectivity index (χ3v) is 5.26. The maximum Gasteiger partial charge on any atom is 0.240 e. The van der Waals surface area contributed by atoms with Gasteiger partial charge in [0.05, 0.1) is 11.4 Å². The van der Waals surface area contributed by atoms with Gasteiger partial charge in [0.25, 0.3) is 0 Å². The number of hydrogen-bond donors (Lipinski definition) is 3. The van der Waals surface area contributed by atoms with E-state index >= 15 is 0 Å². The Morgan fingerprint density at radius 2 is 1.73 bits per heavy atom. The summed E-state index contributed by atoms with van der Waals surface area (Å²) in [6.45, 7) is 9.93. The second kappa shape index (κ2) is 12.5. The topological polar surface area (TPSA) is 82.6 Å². The zero-order valence-corrected chi connectivity index (χ0v) is 19.5. The molecule has 0 fully saturated rings. The fraction of sp³-hybridized carbons (Fsp3) is 0.611. The molecular formula is C18H33IN4O2S. The smallest absolute Gasteiger partial charge is 0.240 e. The molecule has 0 amide bonds. The summed E-state index contributed by atoms with van der Waals surface area (Å²) in [5, 5.41) is 6.67. The molecule has 0 heterocycles.